The highest BCUT2D eigenvalue weighted by Crippen LogP contribution is 2.43. The zero-order valence-electron chi connectivity index (χ0n) is 21.5. The summed E-state index contributed by atoms with van der Waals surface area (Å²) in [6.45, 7) is 0. The Balaban J connectivity index is 1.36. The first-order valence-corrected chi connectivity index (χ1v) is 14.9. The minimum Gasteiger partial charge on any atom is -0.496 e. The normalized spacial score (nSPS) is 16.2. The Bertz CT molecular complexity index is 1970. The van der Waals surface area contributed by atoms with E-state index in [0.29, 0.717) is 20.1 Å². The Morgan fingerprint density at radius 1 is 1.02 bits per heavy atom. The maximum absolute atomic E-state index is 14.0. The number of methoxy groups -OCH3 is 1. The molecule has 3 heterocycles. The number of benzene rings is 3. The molecule has 5 aromatic rings. The molecular formula is C32H23ClN2O3S2. The Labute approximate surface area is 243 Å². The molecule has 0 radical (unpaired) electrons. The van der Waals surface area contributed by atoms with Crippen LogP contribution in [0.1, 0.15) is 34.9 Å². The van der Waals surface area contributed by atoms with Gasteiger partial charge < -0.3 is 9.15 Å². The monoisotopic (exact) mass is 582 g/mol. The molecule has 8 heteroatoms. The fraction of sp³-hybridized carbons (Fsp3) is 0.125. The molecule has 5 nitrogen and oxygen atoms in total. The number of nitrogens with zero attached hydrogens (tertiary/aromatic N) is 2. The molecule has 3 aromatic carbocycles. The molecule has 1 atom stereocenters. The van der Waals surface area contributed by atoms with Gasteiger partial charge in [-0.25, -0.2) is 4.99 Å². The van der Waals surface area contributed by atoms with Crippen LogP contribution in [0.15, 0.2) is 115 Å². The van der Waals surface area contributed by atoms with E-state index >= 15 is 0 Å². The summed E-state index contributed by atoms with van der Waals surface area (Å²) in [6, 6.07) is 27.5. The fourth-order valence-electron chi connectivity index (χ4n) is 5.41. The van der Waals surface area contributed by atoms with Gasteiger partial charge in [0.25, 0.3) is 5.56 Å². The lowest BCUT2D eigenvalue weighted by Crippen LogP contribution is -2.38. The quantitative estimate of drug-likeness (QED) is 0.231. The van der Waals surface area contributed by atoms with Crippen molar-refractivity contribution in [3.63, 3.8) is 0 Å². The molecule has 0 amide bonds. The number of aromatic nitrogens is 1. The summed E-state index contributed by atoms with van der Waals surface area (Å²) in [5, 5.41) is 1.43. The van der Waals surface area contributed by atoms with Crippen LogP contribution < -0.4 is 19.6 Å². The number of hydrogen-bond acceptors (Lipinski definition) is 6. The molecule has 2 aromatic heterocycles. The first-order valence-electron chi connectivity index (χ1n) is 12.9. The lowest BCUT2D eigenvalue weighted by molar-refractivity contribution is 0.402. The lowest BCUT2D eigenvalue weighted by atomic mass is 9.83. The Kier molecular flexibility index (Phi) is 6.50. The fourth-order valence-corrected chi connectivity index (χ4v) is 7.29. The van der Waals surface area contributed by atoms with Crippen molar-refractivity contribution in [1.82, 2.24) is 4.57 Å². The van der Waals surface area contributed by atoms with Crippen molar-refractivity contribution in [2.24, 2.45) is 4.99 Å². The molecule has 0 bridgehead atoms. The smallest absolute Gasteiger partial charge is 0.271 e. The molecule has 198 valence electrons. The van der Waals surface area contributed by atoms with Crippen LogP contribution in [0.2, 0.25) is 5.02 Å². The second-order valence-electron chi connectivity index (χ2n) is 9.57. The van der Waals surface area contributed by atoms with E-state index in [2.05, 4.69) is 18.2 Å². The second kappa shape index (κ2) is 10.3. The van der Waals surface area contributed by atoms with Crippen LogP contribution in [0.5, 0.6) is 5.75 Å². The number of thiazole rings is 1. The molecule has 0 spiro atoms. The average molecular weight is 583 g/mol. The lowest BCUT2D eigenvalue weighted by Gasteiger charge is -2.31. The molecule has 0 N–H and O–H groups in total. The van der Waals surface area contributed by atoms with Gasteiger partial charge in [0.15, 0.2) is 9.89 Å². The Morgan fingerprint density at radius 2 is 1.82 bits per heavy atom. The van der Waals surface area contributed by atoms with Crippen molar-refractivity contribution in [3.05, 3.63) is 138 Å². The van der Waals surface area contributed by atoms with Gasteiger partial charge in [0.05, 0.1) is 23.4 Å². The number of aryl methyl sites for hydroxylation is 1. The molecular weight excluding hydrogens is 560 g/mol. The van der Waals surface area contributed by atoms with Crippen molar-refractivity contribution in [1.29, 1.82) is 0 Å². The molecule has 2 aliphatic rings. The zero-order chi connectivity index (χ0) is 27.2. The summed E-state index contributed by atoms with van der Waals surface area (Å²) in [5.41, 5.74) is 5.39. The molecule has 1 aliphatic heterocycles. The topological polar surface area (TPSA) is 56.7 Å². The van der Waals surface area contributed by atoms with E-state index in [-0.39, 0.29) is 11.6 Å². The van der Waals surface area contributed by atoms with Gasteiger partial charge in [-0.05, 0) is 66.4 Å². The number of hydrogen-bond donors (Lipinski definition) is 0. The molecule has 40 heavy (non-hydrogen) atoms. The van der Waals surface area contributed by atoms with Gasteiger partial charge in [0.2, 0.25) is 0 Å². The van der Waals surface area contributed by atoms with Crippen molar-refractivity contribution in [3.8, 4) is 5.75 Å². The molecule has 7 rings (SSSR count). The first-order chi connectivity index (χ1) is 19.6. The second-order valence-corrected chi connectivity index (χ2v) is 12.1. The van der Waals surface area contributed by atoms with Gasteiger partial charge in [0, 0.05) is 27.1 Å². The highest BCUT2D eigenvalue weighted by molar-refractivity contribution is 7.99. The van der Waals surface area contributed by atoms with Crippen LogP contribution in [0.25, 0.3) is 11.8 Å². The van der Waals surface area contributed by atoms with E-state index in [1.807, 2.05) is 77.4 Å². The van der Waals surface area contributed by atoms with Gasteiger partial charge in [0.1, 0.15) is 11.5 Å². The van der Waals surface area contributed by atoms with Crippen LogP contribution in [0.3, 0.4) is 0 Å². The van der Waals surface area contributed by atoms with Crippen LogP contribution in [0, 0.1) is 0 Å². The average Bonchev–Trinajstić information content (AvgIpc) is 3.56. The maximum atomic E-state index is 14.0. The van der Waals surface area contributed by atoms with Gasteiger partial charge >= 0.3 is 0 Å². The van der Waals surface area contributed by atoms with Crippen LogP contribution in [-0.4, -0.2) is 11.7 Å². The van der Waals surface area contributed by atoms with Crippen molar-refractivity contribution in [2.75, 3.05) is 7.11 Å². The standard InChI is InChI=1S/C32H23ClN2O3S2/c1-37-26-9-5-4-8-24(26)30-25-16-10-19-6-2-3-7-23(19)29(25)34-32-35(30)31(36)27(40-32)18-21-13-17-28(38-21)39-22-14-11-20(33)12-15-22/h2-9,11-15,17-18,30H,10,16H2,1H3. The number of halogens is 1. The number of furan rings is 1. The van der Waals surface area contributed by atoms with E-state index in [9.17, 15) is 4.79 Å². The van der Waals surface area contributed by atoms with E-state index in [0.717, 1.165) is 51.0 Å². The van der Waals surface area contributed by atoms with E-state index in [1.165, 1.54) is 28.7 Å². The first kappa shape index (κ1) is 25.2. The van der Waals surface area contributed by atoms with E-state index in [4.69, 9.17) is 25.7 Å². The SMILES string of the molecule is COc1ccccc1C1C2=C(N=c3sc(=Cc4ccc(Sc5ccc(Cl)cc5)o4)c(=O)n31)c1ccccc1CC2. The summed E-state index contributed by atoms with van der Waals surface area (Å²) < 4.78 is 14.2. The number of ether oxygens (including phenoxy) is 1. The minimum absolute atomic E-state index is 0.0895. The molecule has 0 saturated carbocycles. The summed E-state index contributed by atoms with van der Waals surface area (Å²) in [6.07, 6.45) is 3.54. The van der Waals surface area contributed by atoms with Gasteiger partial charge in [-0.15, -0.1) is 0 Å². The molecule has 1 unspecified atom stereocenters. The summed E-state index contributed by atoms with van der Waals surface area (Å²) in [5.74, 6) is 1.37. The molecule has 1 aliphatic carbocycles. The van der Waals surface area contributed by atoms with Gasteiger partial charge in [-0.3, -0.25) is 9.36 Å². The third-order valence-electron chi connectivity index (χ3n) is 7.21. The van der Waals surface area contributed by atoms with Crippen molar-refractivity contribution >= 4 is 46.5 Å². The summed E-state index contributed by atoms with van der Waals surface area (Å²) >= 11 is 8.90. The summed E-state index contributed by atoms with van der Waals surface area (Å²) in [7, 11) is 1.67. The van der Waals surface area contributed by atoms with E-state index in [1.54, 1.807) is 7.11 Å². The highest BCUT2D eigenvalue weighted by atomic mass is 35.5. The predicted molar refractivity (Wildman–Crippen MR) is 160 cm³/mol. The van der Waals surface area contributed by atoms with Crippen LogP contribution >= 0.6 is 34.7 Å². The zero-order valence-corrected chi connectivity index (χ0v) is 23.9. The summed E-state index contributed by atoms with van der Waals surface area (Å²) in [4.78, 5) is 20.8. The Hall–Kier alpha value is -3.78. The predicted octanol–water partition coefficient (Wildman–Crippen LogP) is 6.72. The molecule has 0 saturated heterocycles. The van der Waals surface area contributed by atoms with Crippen molar-refractivity contribution in [2.45, 2.75) is 28.9 Å². The maximum Gasteiger partial charge on any atom is 0.271 e. The third kappa shape index (κ3) is 4.44. The molecule has 0 fully saturated rings. The van der Waals surface area contributed by atoms with Crippen molar-refractivity contribution < 1.29 is 9.15 Å². The minimum atomic E-state index is -0.300. The third-order valence-corrected chi connectivity index (χ3v) is 9.38. The largest absolute Gasteiger partial charge is 0.496 e. The number of allylic oxidation sites excluding steroid dienone is 1. The Morgan fingerprint density at radius 3 is 2.67 bits per heavy atom. The van der Waals surface area contributed by atoms with Gasteiger partial charge in [-0.2, -0.15) is 0 Å². The number of rotatable bonds is 5. The number of para-hydroxylation sites is 1. The highest BCUT2D eigenvalue weighted by Gasteiger charge is 2.34. The van der Waals surface area contributed by atoms with E-state index < -0.39 is 0 Å². The number of fused-ring (bicyclic) bond motifs is 3. The van der Waals surface area contributed by atoms with Crippen LogP contribution in [-0.2, 0) is 6.42 Å². The van der Waals surface area contributed by atoms with Gasteiger partial charge in [-0.1, -0.05) is 77.2 Å². The van der Waals surface area contributed by atoms with Crippen LogP contribution in [0.4, 0.5) is 0 Å².